The van der Waals surface area contributed by atoms with Crippen LogP contribution in [0.2, 0.25) is 0 Å². The normalized spacial score (nSPS) is 11.2. The highest BCUT2D eigenvalue weighted by molar-refractivity contribution is 5.85. The Kier molecular flexibility index (Phi) is 4.40. The molecule has 0 aliphatic rings. The molecule has 0 amide bonds. The Morgan fingerprint density at radius 3 is 2.50 bits per heavy atom. The minimum Gasteiger partial charge on any atom is -0.383 e. The second-order valence-electron chi connectivity index (χ2n) is 4.64. The van der Waals surface area contributed by atoms with Gasteiger partial charge in [-0.05, 0) is 12.1 Å². The number of allylic oxidation sites excluding steroid dienone is 1. The van der Waals surface area contributed by atoms with E-state index in [0.29, 0.717) is 6.07 Å². The number of aromatic nitrogens is 1. The summed E-state index contributed by atoms with van der Waals surface area (Å²) in [6.07, 6.45) is -3.63. The molecule has 0 atom stereocenters. The number of hydrogen-bond donors (Lipinski definition) is 2. The molecular weight excluding hydrogens is 332 g/mol. The Labute approximate surface area is 132 Å². The topological polar surface area (TPSA) is 94.1 Å². The minimum atomic E-state index is -4.76. The van der Waals surface area contributed by atoms with Crippen molar-refractivity contribution in [3.63, 3.8) is 0 Å². The summed E-state index contributed by atoms with van der Waals surface area (Å²) >= 11 is 0. The molecule has 0 radical (unpaired) electrons. The summed E-state index contributed by atoms with van der Waals surface area (Å²) in [5.41, 5.74) is 2.76. The summed E-state index contributed by atoms with van der Waals surface area (Å²) in [4.78, 5) is 13.4. The van der Waals surface area contributed by atoms with Crippen LogP contribution in [0.15, 0.2) is 37.0 Å². The van der Waals surface area contributed by atoms with Gasteiger partial charge in [0.2, 0.25) is 0 Å². The lowest BCUT2D eigenvalue weighted by molar-refractivity contribution is -0.385. The van der Waals surface area contributed by atoms with Crippen LogP contribution in [0.25, 0.3) is 5.57 Å². The number of nitrogens with zero attached hydrogens (tertiary/aromatic N) is 2. The summed E-state index contributed by atoms with van der Waals surface area (Å²) in [5.74, 6) is -1.45. The molecule has 0 aliphatic carbocycles. The first kappa shape index (κ1) is 17.2. The third kappa shape index (κ3) is 3.42. The van der Waals surface area contributed by atoms with Gasteiger partial charge in [0, 0.05) is 12.3 Å². The molecule has 6 nitrogen and oxygen atoms in total. The number of anilines is 3. The molecule has 0 fully saturated rings. The Bertz CT molecular complexity index is 821. The van der Waals surface area contributed by atoms with E-state index in [-0.39, 0.29) is 11.4 Å². The van der Waals surface area contributed by atoms with Gasteiger partial charge in [0.15, 0.2) is 5.82 Å². The van der Waals surface area contributed by atoms with Gasteiger partial charge in [-0.25, -0.2) is 9.37 Å². The number of nitrogens with one attached hydrogen (secondary N) is 1. The molecule has 2 aromatic rings. The van der Waals surface area contributed by atoms with Crippen molar-refractivity contribution in [3.8, 4) is 0 Å². The van der Waals surface area contributed by atoms with Crippen LogP contribution in [0.4, 0.5) is 40.4 Å². The molecule has 1 heterocycles. The van der Waals surface area contributed by atoms with Crippen LogP contribution in [-0.2, 0) is 0 Å². The highest BCUT2D eigenvalue weighted by atomic mass is 19.4. The van der Waals surface area contributed by atoms with Gasteiger partial charge in [-0.15, -0.1) is 0 Å². The van der Waals surface area contributed by atoms with E-state index in [1.54, 1.807) is 0 Å². The first-order chi connectivity index (χ1) is 11.1. The molecule has 10 heteroatoms. The van der Waals surface area contributed by atoms with Crippen LogP contribution in [-0.4, -0.2) is 16.1 Å². The van der Waals surface area contributed by atoms with Gasteiger partial charge in [-0.2, -0.15) is 13.2 Å². The van der Waals surface area contributed by atoms with Crippen molar-refractivity contribution >= 4 is 28.5 Å². The summed E-state index contributed by atoms with van der Waals surface area (Å²) in [6.45, 7) is 2.95. The number of nitro groups is 1. The largest absolute Gasteiger partial charge is 0.416 e. The lowest BCUT2D eigenvalue weighted by atomic mass is 10.1. The smallest absolute Gasteiger partial charge is 0.383 e. The van der Waals surface area contributed by atoms with E-state index in [1.807, 2.05) is 0 Å². The summed E-state index contributed by atoms with van der Waals surface area (Å²) in [6, 6.07) is 3.84. The second-order valence-corrected chi connectivity index (χ2v) is 4.64. The molecule has 2 rings (SSSR count). The monoisotopic (exact) mass is 342 g/mol. The lowest BCUT2D eigenvalue weighted by Crippen LogP contribution is -2.13. The predicted octanol–water partition coefficient (Wildman–Crippen LogP) is 4.03. The molecule has 0 bridgehead atoms. The number of hydrogen-bond acceptors (Lipinski definition) is 5. The van der Waals surface area contributed by atoms with Crippen molar-refractivity contribution in [3.05, 3.63) is 58.5 Å². The number of nitro benzene ring substituents is 1. The summed E-state index contributed by atoms with van der Waals surface area (Å²) in [7, 11) is 0. The van der Waals surface area contributed by atoms with Gasteiger partial charge in [0.05, 0.1) is 33.5 Å². The van der Waals surface area contributed by atoms with Crippen molar-refractivity contribution in [2.75, 3.05) is 11.1 Å². The van der Waals surface area contributed by atoms with Crippen LogP contribution in [0.1, 0.15) is 5.56 Å². The van der Waals surface area contributed by atoms with E-state index in [2.05, 4.69) is 16.9 Å². The summed E-state index contributed by atoms with van der Waals surface area (Å²) < 4.78 is 52.6. The van der Waals surface area contributed by atoms with E-state index in [9.17, 15) is 27.7 Å². The van der Waals surface area contributed by atoms with E-state index < -0.39 is 39.6 Å². The van der Waals surface area contributed by atoms with E-state index in [1.165, 1.54) is 0 Å². The maximum absolute atomic E-state index is 13.9. The molecular formula is C14H10F4N4O2. The zero-order valence-electron chi connectivity index (χ0n) is 11.9. The molecule has 126 valence electrons. The number of halogens is 4. The Balaban J connectivity index is 2.46. The number of rotatable bonds is 4. The zero-order valence-corrected chi connectivity index (χ0v) is 11.9. The Morgan fingerprint density at radius 1 is 1.29 bits per heavy atom. The molecule has 1 aromatic carbocycles. The summed E-state index contributed by atoms with van der Waals surface area (Å²) in [5, 5.41) is 13.0. The van der Waals surface area contributed by atoms with Crippen LogP contribution >= 0.6 is 0 Å². The number of alkyl halides is 3. The van der Waals surface area contributed by atoms with Crippen LogP contribution < -0.4 is 11.1 Å². The van der Waals surface area contributed by atoms with Crippen molar-refractivity contribution in [1.82, 2.24) is 4.98 Å². The van der Waals surface area contributed by atoms with Crippen molar-refractivity contribution < 1.29 is 22.5 Å². The van der Waals surface area contributed by atoms with Crippen LogP contribution in [0.5, 0.6) is 0 Å². The van der Waals surface area contributed by atoms with Gasteiger partial charge in [-0.3, -0.25) is 10.1 Å². The van der Waals surface area contributed by atoms with Crippen molar-refractivity contribution in [1.29, 1.82) is 0 Å². The number of non-ortho nitro benzene ring substituents is 1. The highest BCUT2D eigenvalue weighted by Gasteiger charge is 2.35. The molecule has 0 saturated carbocycles. The van der Waals surface area contributed by atoms with E-state index >= 15 is 0 Å². The van der Waals surface area contributed by atoms with Crippen molar-refractivity contribution in [2.45, 2.75) is 6.18 Å². The first-order valence-corrected chi connectivity index (χ1v) is 6.33. The molecule has 0 spiro atoms. The van der Waals surface area contributed by atoms with Crippen molar-refractivity contribution in [2.24, 2.45) is 0 Å². The molecule has 1 aromatic heterocycles. The Morgan fingerprint density at radius 2 is 1.96 bits per heavy atom. The minimum absolute atomic E-state index is 0.183. The van der Waals surface area contributed by atoms with Gasteiger partial charge >= 0.3 is 6.18 Å². The fraction of sp³-hybridized carbons (Fsp3) is 0.0714. The molecule has 0 unspecified atom stereocenters. The number of pyridine rings is 1. The van der Waals surface area contributed by atoms with Gasteiger partial charge in [0.1, 0.15) is 5.82 Å². The molecule has 0 saturated heterocycles. The van der Waals surface area contributed by atoms with Gasteiger partial charge in [0.25, 0.3) is 5.69 Å². The van der Waals surface area contributed by atoms with E-state index in [4.69, 9.17) is 5.73 Å². The maximum Gasteiger partial charge on any atom is 0.416 e. The van der Waals surface area contributed by atoms with Crippen LogP contribution in [0.3, 0.4) is 0 Å². The lowest BCUT2D eigenvalue weighted by Gasteiger charge is -2.17. The standard InChI is InChI=1S/C14H10F4N4O2/c1-7(14(16,17)18)12-11(4-5-20-13(12)19)21-10-3-2-8(22(23)24)6-9(10)15/h2-6H,1H2,(H3,19,20,21). The average Bonchev–Trinajstić information content (AvgIpc) is 2.47. The second kappa shape index (κ2) is 6.14. The number of nitrogens with two attached hydrogens (primary N) is 1. The number of benzene rings is 1. The zero-order chi connectivity index (χ0) is 18.1. The average molecular weight is 342 g/mol. The third-order valence-corrected chi connectivity index (χ3v) is 3.06. The Hall–Kier alpha value is -3.17. The fourth-order valence-corrected chi connectivity index (χ4v) is 1.91. The number of nitrogen functional groups attached to an aromatic ring is 1. The molecule has 3 N–H and O–H groups in total. The first-order valence-electron chi connectivity index (χ1n) is 6.33. The van der Waals surface area contributed by atoms with E-state index in [0.717, 1.165) is 24.4 Å². The van der Waals surface area contributed by atoms with Gasteiger partial charge < -0.3 is 11.1 Å². The highest BCUT2D eigenvalue weighted by Crippen LogP contribution is 2.39. The third-order valence-electron chi connectivity index (χ3n) is 3.06. The van der Waals surface area contributed by atoms with Crippen LogP contribution in [0, 0.1) is 15.9 Å². The fourth-order valence-electron chi connectivity index (χ4n) is 1.91. The predicted molar refractivity (Wildman–Crippen MR) is 80.1 cm³/mol. The molecule has 0 aliphatic heterocycles. The SMILES string of the molecule is C=C(c1c(Nc2ccc([N+](=O)[O-])cc2F)ccnc1N)C(F)(F)F. The quantitative estimate of drug-likeness (QED) is 0.497. The molecule has 24 heavy (non-hydrogen) atoms. The maximum atomic E-state index is 13.9. The van der Waals surface area contributed by atoms with Gasteiger partial charge in [-0.1, -0.05) is 6.58 Å².